The van der Waals surface area contributed by atoms with Crippen LogP contribution in [-0.2, 0) is 0 Å². The molecule has 0 saturated carbocycles. The maximum absolute atomic E-state index is 9.74. The van der Waals surface area contributed by atoms with E-state index in [0.717, 1.165) is 11.3 Å². The minimum Gasteiger partial charge on any atom is -0.394 e. The standard InChI is InChI=1S/C19H19NO/c1-14-6-2-5-9-18(14)20-19(13-21)17-11-10-15-7-3-4-8-16(15)12-17/h2-12,19-21H,13H2,1H3. The van der Waals surface area contributed by atoms with Crippen LogP contribution in [0.1, 0.15) is 17.2 Å². The fraction of sp³-hybridized carbons (Fsp3) is 0.158. The fourth-order valence-electron chi connectivity index (χ4n) is 2.58. The van der Waals surface area contributed by atoms with Gasteiger partial charge in [-0.3, -0.25) is 0 Å². The molecule has 3 rings (SSSR count). The number of nitrogens with one attached hydrogen (secondary N) is 1. The number of benzene rings is 3. The number of rotatable bonds is 4. The number of aliphatic hydroxyl groups is 1. The molecule has 1 unspecified atom stereocenters. The van der Waals surface area contributed by atoms with Crippen molar-refractivity contribution in [2.75, 3.05) is 11.9 Å². The van der Waals surface area contributed by atoms with Gasteiger partial charge < -0.3 is 10.4 Å². The highest BCUT2D eigenvalue weighted by Gasteiger charge is 2.11. The lowest BCUT2D eigenvalue weighted by molar-refractivity contribution is 0.276. The van der Waals surface area contributed by atoms with Gasteiger partial charge in [0.25, 0.3) is 0 Å². The zero-order valence-corrected chi connectivity index (χ0v) is 12.1. The van der Waals surface area contributed by atoms with E-state index >= 15 is 0 Å². The van der Waals surface area contributed by atoms with E-state index in [0.29, 0.717) is 0 Å². The minimum atomic E-state index is -0.101. The average molecular weight is 277 g/mol. The molecule has 1 atom stereocenters. The van der Waals surface area contributed by atoms with Crippen molar-refractivity contribution in [1.29, 1.82) is 0 Å². The molecule has 0 bridgehead atoms. The van der Waals surface area contributed by atoms with Gasteiger partial charge in [0, 0.05) is 5.69 Å². The van der Waals surface area contributed by atoms with Crippen molar-refractivity contribution in [1.82, 2.24) is 0 Å². The van der Waals surface area contributed by atoms with Gasteiger partial charge in [-0.25, -0.2) is 0 Å². The summed E-state index contributed by atoms with van der Waals surface area (Å²) < 4.78 is 0. The summed E-state index contributed by atoms with van der Waals surface area (Å²) in [6.45, 7) is 2.13. The Kier molecular flexibility index (Phi) is 3.89. The summed E-state index contributed by atoms with van der Waals surface area (Å²) in [4.78, 5) is 0. The van der Waals surface area contributed by atoms with Gasteiger partial charge in [0.05, 0.1) is 12.6 Å². The van der Waals surface area contributed by atoms with Gasteiger partial charge in [-0.2, -0.15) is 0 Å². The maximum Gasteiger partial charge on any atom is 0.0745 e. The van der Waals surface area contributed by atoms with Crippen LogP contribution in [-0.4, -0.2) is 11.7 Å². The van der Waals surface area contributed by atoms with E-state index in [2.05, 4.69) is 48.6 Å². The lowest BCUT2D eigenvalue weighted by Crippen LogP contribution is -2.15. The Balaban J connectivity index is 1.93. The third-order valence-electron chi connectivity index (χ3n) is 3.83. The highest BCUT2D eigenvalue weighted by atomic mass is 16.3. The molecule has 21 heavy (non-hydrogen) atoms. The maximum atomic E-state index is 9.74. The molecule has 106 valence electrons. The molecule has 0 fully saturated rings. The average Bonchev–Trinajstić information content (AvgIpc) is 2.54. The number of aryl methyl sites for hydroxylation is 1. The number of para-hydroxylation sites is 1. The van der Waals surface area contributed by atoms with Crippen molar-refractivity contribution in [3.8, 4) is 0 Å². The Morgan fingerprint density at radius 1 is 0.905 bits per heavy atom. The van der Waals surface area contributed by atoms with Crippen LogP contribution >= 0.6 is 0 Å². The Labute approximate surface area is 125 Å². The first-order valence-corrected chi connectivity index (χ1v) is 7.19. The molecule has 0 aromatic heterocycles. The lowest BCUT2D eigenvalue weighted by atomic mass is 10.0. The summed E-state index contributed by atoms with van der Waals surface area (Å²) in [6.07, 6.45) is 0. The molecule has 0 saturated heterocycles. The van der Waals surface area contributed by atoms with Gasteiger partial charge in [0.1, 0.15) is 0 Å². The second-order valence-corrected chi connectivity index (χ2v) is 5.30. The molecule has 0 amide bonds. The van der Waals surface area contributed by atoms with E-state index in [1.165, 1.54) is 16.3 Å². The van der Waals surface area contributed by atoms with Crippen molar-refractivity contribution < 1.29 is 5.11 Å². The Bertz CT molecular complexity index is 751. The Hall–Kier alpha value is -2.32. The zero-order chi connectivity index (χ0) is 14.7. The third kappa shape index (κ3) is 2.91. The minimum absolute atomic E-state index is 0.0622. The summed E-state index contributed by atoms with van der Waals surface area (Å²) in [5.74, 6) is 0. The van der Waals surface area contributed by atoms with Crippen molar-refractivity contribution in [3.63, 3.8) is 0 Å². The molecule has 3 aromatic carbocycles. The first-order chi connectivity index (χ1) is 10.3. The SMILES string of the molecule is Cc1ccccc1NC(CO)c1ccc2ccccc2c1. The second-order valence-electron chi connectivity index (χ2n) is 5.30. The number of aliphatic hydroxyl groups excluding tert-OH is 1. The van der Waals surface area contributed by atoms with Crippen molar-refractivity contribution in [2.45, 2.75) is 13.0 Å². The third-order valence-corrected chi connectivity index (χ3v) is 3.83. The smallest absolute Gasteiger partial charge is 0.0745 e. The molecule has 2 nitrogen and oxygen atoms in total. The van der Waals surface area contributed by atoms with E-state index in [1.54, 1.807) is 0 Å². The molecule has 2 N–H and O–H groups in total. The largest absolute Gasteiger partial charge is 0.394 e. The van der Waals surface area contributed by atoms with E-state index in [4.69, 9.17) is 0 Å². The van der Waals surface area contributed by atoms with E-state index in [-0.39, 0.29) is 12.6 Å². The van der Waals surface area contributed by atoms with E-state index in [9.17, 15) is 5.11 Å². The summed E-state index contributed by atoms with van der Waals surface area (Å²) >= 11 is 0. The predicted octanol–water partition coefficient (Wildman–Crippen LogP) is 4.29. The van der Waals surface area contributed by atoms with Crippen LogP contribution in [0.5, 0.6) is 0 Å². The number of hydrogen-bond acceptors (Lipinski definition) is 2. The van der Waals surface area contributed by atoms with Crippen LogP contribution in [0.4, 0.5) is 5.69 Å². The van der Waals surface area contributed by atoms with Crippen molar-refractivity contribution in [3.05, 3.63) is 77.9 Å². The van der Waals surface area contributed by atoms with Gasteiger partial charge in [0.2, 0.25) is 0 Å². The summed E-state index contributed by atoms with van der Waals surface area (Å²) in [5, 5.41) is 15.6. The van der Waals surface area contributed by atoms with Crippen LogP contribution in [0.15, 0.2) is 66.7 Å². The van der Waals surface area contributed by atoms with Crippen LogP contribution < -0.4 is 5.32 Å². The van der Waals surface area contributed by atoms with Gasteiger partial charge in [-0.05, 0) is 41.0 Å². The van der Waals surface area contributed by atoms with E-state index in [1.807, 2.05) is 30.3 Å². The quantitative estimate of drug-likeness (QED) is 0.745. The van der Waals surface area contributed by atoms with Gasteiger partial charge in [-0.15, -0.1) is 0 Å². The molecule has 3 aromatic rings. The van der Waals surface area contributed by atoms with Crippen molar-refractivity contribution in [2.24, 2.45) is 0 Å². The summed E-state index contributed by atoms with van der Waals surface area (Å²) in [7, 11) is 0. The topological polar surface area (TPSA) is 32.3 Å². The molecule has 0 aliphatic heterocycles. The van der Waals surface area contributed by atoms with Crippen molar-refractivity contribution >= 4 is 16.5 Å². The lowest BCUT2D eigenvalue weighted by Gasteiger charge is -2.20. The number of fused-ring (bicyclic) bond motifs is 1. The summed E-state index contributed by atoms with van der Waals surface area (Å²) in [5.41, 5.74) is 3.33. The van der Waals surface area contributed by atoms with Crippen LogP contribution in [0.2, 0.25) is 0 Å². The predicted molar refractivity (Wildman–Crippen MR) is 88.6 cm³/mol. The fourth-order valence-corrected chi connectivity index (χ4v) is 2.58. The molecular weight excluding hydrogens is 258 g/mol. The molecule has 0 heterocycles. The zero-order valence-electron chi connectivity index (χ0n) is 12.1. The first-order valence-electron chi connectivity index (χ1n) is 7.19. The Morgan fingerprint density at radius 3 is 2.38 bits per heavy atom. The molecule has 0 aliphatic carbocycles. The molecule has 0 radical (unpaired) electrons. The monoisotopic (exact) mass is 277 g/mol. The van der Waals surface area contributed by atoms with Crippen LogP contribution in [0, 0.1) is 6.92 Å². The number of anilines is 1. The normalized spacial score (nSPS) is 12.3. The highest BCUT2D eigenvalue weighted by Crippen LogP contribution is 2.25. The molecule has 0 aliphatic rings. The second kappa shape index (κ2) is 5.98. The van der Waals surface area contributed by atoms with E-state index < -0.39 is 0 Å². The Morgan fingerprint density at radius 2 is 1.62 bits per heavy atom. The van der Waals surface area contributed by atoms with Crippen LogP contribution in [0.3, 0.4) is 0 Å². The first kappa shape index (κ1) is 13.7. The highest BCUT2D eigenvalue weighted by molar-refractivity contribution is 5.83. The van der Waals surface area contributed by atoms with Gasteiger partial charge >= 0.3 is 0 Å². The molecular formula is C19H19NO. The molecule has 2 heteroatoms. The number of hydrogen-bond donors (Lipinski definition) is 2. The van der Waals surface area contributed by atoms with Gasteiger partial charge in [0.15, 0.2) is 0 Å². The van der Waals surface area contributed by atoms with Gasteiger partial charge in [-0.1, -0.05) is 54.6 Å². The summed E-state index contributed by atoms with van der Waals surface area (Å²) in [6, 6.07) is 22.6. The van der Waals surface area contributed by atoms with Crippen LogP contribution in [0.25, 0.3) is 10.8 Å². The molecule has 0 spiro atoms.